The smallest absolute Gasteiger partial charge is 0.0688 e. The number of hydrogen-bond acceptors (Lipinski definition) is 2. The van der Waals surface area contributed by atoms with Gasteiger partial charge in [-0.2, -0.15) is 0 Å². The minimum atomic E-state index is -0.304. The van der Waals surface area contributed by atoms with E-state index in [4.69, 9.17) is 5.73 Å². The van der Waals surface area contributed by atoms with Crippen molar-refractivity contribution in [1.29, 1.82) is 0 Å². The molecule has 3 N–H and O–H groups in total. The molecule has 0 aliphatic heterocycles. The molecule has 0 bridgehead atoms. The van der Waals surface area contributed by atoms with E-state index in [9.17, 15) is 5.11 Å². The highest BCUT2D eigenvalue weighted by Gasteiger charge is 2.07. The van der Waals surface area contributed by atoms with Gasteiger partial charge in [-0.15, -0.1) is 0 Å². The van der Waals surface area contributed by atoms with Crippen LogP contribution in [0, 0.1) is 0 Å². The summed E-state index contributed by atoms with van der Waals surface area (Å²) in [6.07, 6.45) is 21.3. The maximum Gasteiger partial charge on any atom is 0.0688 e. The Labute approximate surface area is 140 Å². The molecule has 0 aromatic rings. The fraction of sp³-hybridized carbons (Fsp3) is 1.00. The third-order valence-electron chi connectivity index (χ3n) is 4.71. The molecule has 2 heteroatoms. The van der Waals surface area contributed by atoms with Crippen LogP contribution in [-0.4, -0.2) is 17.3 Å². The number of aliphatic hydroxyl groups excluding tert-OH is 1. The van der Waals surface area contributed by atoms with Crippen molar-refractivity contribution in [2.24, 2.45) is 5.73 Å². The summed E-state index contributed by atoms with van der Waals surface area (Å²) in [7, 11) is 0. The first-order chi connectivity index (χ1) is 10.7. The Morgan fingerprint density at radius 1 is 0.636 bits per heavy atom. The summed E-state index contributed by atoms with van der Waals surface area (Å²) in [5.74, 6) is 0. The Kier molecular flexibility index (Phi) is 17.2. The zero-order valence-corrected chi connectivity index (χ0v) is 15.5. The topological polar surface area (TPSA) is 46.2 Å². The Balaban J connectivity index is 3.03. The molecule has 2 nitrogen and oxygen atoms in total. The van der Waals surface area contributed by atoms with Crippen LogP contribution in [0.25, 0.3) is 0 Å². The Bertz CT molecular complexity index is 206. The second-order valence-corrected chi connectivity index (χ2v) is 7.16. The molecule has 0 amide bonds. The molecule has 0 aromatic carbocycles. The first-order valence-corrected chi connectivity index (χ1v) is 10.1. The van der Waals surface area contributed by atoms with E-state index in [1.807, 2.05) is 6.92 Å². The molecule has 22 heavy (non-hydrogen) atoms. The van der Waals surface area contributed by atoms with Gasteiger partial charge in [0.2, 0.25) is 0 Å². The zero-order chi connectivity index (χ0) is 16.5. The molecule has 0 rings (SSSR count). The zero-order valence-electron chi connectivity index (χ0n) is 15.5. The summed E-state index contributed by atoms with van der Waals surface area (Å²) >= 11 is 0. The van der Waals surface area contributed by atoms with Crippen molar-refractivity contribution in [3.05, 3.63) is 0 Å². The van der Waals surface area contributed by atoms with E-state index in [0.717, 1.165) is 12.8 Å². The van der Waals surface area contributed by atoms with Gasteiger partial charge in [-0.1, -0.05) is 103 Å². The van der Waals surface area contributed by atoms with E-state index in [-0.39, 0.29) is 12.1 Å². The lowest BCUT2D eigenvalue weighted by atomic mass is 10.0. The van der Waals surface area contributed by atoms with Crippen molar-refractivity contribution < 1.29 is 5.11 Å². The van der Waals surface area contributed by atoms with Crippen LogP contribution >= 0.6 is 0 Å². The highest BCUT2D eigenvalue weighted by atomic mass is 16.3. The summed E-state index contributed by atoms with van der Waals surface area (Å²) in [5, 5.41) is 9.61. The van der Waals surface area contributed by atoms with Gasteiger partial charge in [0, 0.05) is 6.04 Å². The quantitative estimate of drug-likeness (QED) is 0.326. The molecule has 0 radical (unpaired) electrons. The predicted molar refractivity (Wildman–Crippen MR) is 99.2 cm³/mol. The highest BCUT2D eigenvalue weighted by molar-refractivity contribution is 4.65. The fourth-order valence-electron chi connectivity index (χ4n) is 2.99. The molecule has 0 saturated heterocycles. The molecular weight excluding hydrogens is 270 g/mol. The fourth-order valence-corrected chi connectivity index (χ4v) is 2.99. The molecule has 0 aliphatic rings. The lowest BCUT2D eigenvalue weighted by Crippen LogP contribution is -2.31. The second kappa shape index (κ2) is 17.3. The molecule has 0 aromatic heterocycles. The minimum absolute atomic E-state index is 0.0772. The van der Waals surface area contributed by atoms with Crippen molar-refractivity contribution in [1.82, 2.24) is 0 Å². The van der Waals surface area contributed by atoms with Crippen molar-refractivity contribution >= 4 is 0 Å². The Hall–Kier alpha value is -0.0800. The van der Waals surface area contributed by atoms with Crippen molar-refractivity contribution in [2.45, 2.75) is 129 Å². The Morgan fingerprint density at radius 2 is 0.955 bits per heavy atom. The van der Waals surface area contributed by atoms with Gasteiger partial charge in [-0.05, 0) is 13.3 Å². The number of hydrogen-bond donors (Lipinski definition) is 2. The molecular formula is C20H43NO. The van der Waals surface area contributed by atoms with E-state index in [0.29, 0.717) is 0 Å². The maximum absolute atomic E-state index is 9.61. The normalized spacial score (nSPS) is 14.2. The average Bonchev–Trinajstić information content (AvgIpc) is 2.50. The number of aliphatic hydroxyl groups is 1. The van der Waals surface area contributed by atoms with Crippen LogP contribution in [0.2, 0.25) is 0 Å². The van der Waals surface area contributed by atoms with Gasteiger partial charge in [0.25, 0.3) is 0 Å². The first-order valence-electron chi connectivity index (χ1n) is 10.1. The molecule has 0 heterocycles. The third-order valence-corrected chi connectivity index (χ3v) is 4.71. The van der Waals surface area contributed by atoms with E-state index >= 15 is 0 Å². The summed E-state index contributed by atoms with van der Waals surface area (Å²) in [6, 6.07) is -0.0772. The lowest BCUT2D eigenvalue weighted by Gasteiger charge is -2.13. The summed E-state index contributed by atoms with van der Waals surface area (Å²) in [5.41, 5.74) is 5.65. The van der Waals surface area contributed by atoms with Gasteiger partial charge in [0.05, 0.1) is 6.10 Å². The molecule has 2 atom stereocenters. The predicted octanol–water partition coefficient (Wildman–Crippen LogP) is 5.96. The molecule has 0 fully saturated rings. The van der Waals surface area contributed by atoms with Crippen molar-refractivity contribution in [3.63, 3.8) is 0 Å². The third kappa shape index (κ3) is 16.3. The summed E-state index contributed by atoms with van der Waals surface area (Å²) in [4.78, 5) is 0. The molecule has 134 valence electrons. The van der Waals surface area contributed by atoms with Crippen LogP contribution in [0.1, 0.15) is 117 Å². The molecule has 0 unspecified atom stereocenters. The lowest BCUT2D eigenvalue weighted by molar-refractivity contribution is 0.138. The molecule has 0 aliphatic carbocycles. The molecule has 0 spiro atoms. The summed E-state index contributed by atoms with van der Waals surface area (Å²) in [6.45, 7) is 4.17. The van der Waals surface area contributed by atoms with E-state index in [2.05, 4.69) is 6.92 Å². The van der Waals surface area contributed by atoms with Crippen LogP contribution < -0.4 is 5.73 Å². The van der Waals surface area contributed by atoms with Crippen LogP contribution in [0.3, 0.4) is 0 Å². The van der Waals surface area contributed by atoms with E-state index in [1.165, 1.54) is 89.9 Å². The SMILES string of the molecule is CCCCCCCCCCCCCCCCC[C@H](O)[C@@H](C)N. The van der Waals surface area contributed by atoms with Gasteiger partial charge in [-0.25, -0.2) is 0 Å². The van der Waals surface area contributed by atoms with Gasteiger partial charge >= 0.3 is 0 Å². The second-order valence-electron chi connectivity index (χ2n) is 7.16. The van der Waals surface area contributed by atoms with Crippen LogP contribution in [-0.2, 0) is 0 Å². The first kappa shape index (κ1) is 21.9. The molecule has 0 saturated carbocycles. The number of rotatable bonds is 17. The Morgan fingerprint density at radius 3 is 1.27 bits per heavy atom. The van der Waals surface area contributed by atoms with Gasteiger partial charge in [0.1, 0.15) is 0 Å². The maximum atomic E-state index is 9.61. The van der Waals surface area contributed by atoms with Gasteiger partial charge in [-0.3, -0.25) is 0 Å². The van der Waals surface area contributed by atoms with E-state index in [1.54, 1.807) is 0 Å². The van der Waals surface area contributed by atoms with Crippen molar-refractivity contribution in [2.75, 3.05) is 0 Å². The number of nitrogens with two attached hydrogens (primary N) is 1. The van der Waals surface area contributed by atoms with Crippen LogP contribution in [0.15, 0.2) is 0 Å². The number of unbranched alkanes of at least 4 members (excludes halogenated alkanes) is 14. The minimum Gasteiger partial charge on any atom is -0.392 e. The van der Waals surface area contributed by atoms with Crippen molar-refractivity contribution in [3.8, 4) is 0 Å². The average molecular weight is 314 g/mol. The highest BCUT2D eigenvalue weighted by Crippen LogP contribution is 2.14. The van der Waals surface area contributed by atoms with Crippen LogP contribution in [0.4, 0.5) is 0 Å². The van der Waals surface area contributed by atoms with Gasteiger partial charge < -0.3 is 10.8 Å². The van der Waals surface area contributed by atoms with Gasteiger partial charge in [0.15, 0.2) is 0 Å². The van der Waals surface area contributed by atoms with Crippen LogP contribution in [0.5, 0.6) is 0 Å². The van der Waals surface area contributed by atoms with E-state index < -0.39 is 0 Å². The summed E-state index contributed by atoms with van der Waals surface area (Å²) < 4.78 is 0. The standard InChI is InChI=1S/C20H43NO/c1-3-4-5-6-7-8-9-10-11-12-13-14-15-16-17-18-20(22)19(2)21/h19-20,22H,3-18,21H2,1-2H3/t19-,20+/m1/s1. The monoisotopic (exact) mass is 313 g/mol. The largest absolute Gasteiger partial charge is 0.392 e.